The fraction of sp³-hybridized carbons (Fsp3) is 0.182. The van der Waals surface area contributed by atoms with E-state index in [1.807, 2.05) is 0 Å². The van der Waals surface area contributed by atoms with Gasteiger partial charge in [0.25, 0.3) is 0 Å². The van der Waals surface area contributed by atoms with Crippen LogP contribution in [0.4, 0.5) is 0 Å². The molecule has 0 radical (unpaired) electrons. The highest BCUT2D eigenvalue weighted by atomic mass is 31.1. The molecule has 4 heteroatoms. The van der Waals surface area contributed by atoms with Crippen LogP contribution >= 0.6 is 15.8 Å². The molecule has 1 fully saturated rings. The average molecular weight is 663 g/mol. The van der Waals surface area contributed by atoms with Gasteiger partial charge >= 0.3 is 0 Å². The van der Waals surface area contributed by atoms with Crippen LogP contribution in [0.15, 0.2) is 170 Å². The van der Waals surface area contributed by atoms with E-state index in [4.69, 9.17) is 0 Å². The van der Waals surface area contributed by atoms with E-state index in [0.29, 0.717) is 12.1 Å². The first-order chi connectivity index (χ1) is 23.8. The SMILES string of the molecule is c1ccc(P(c2ccccc2)c2ccccc2CNC2CCCCC2NCc2ccccc2P(c2ccccc2)c2ccccc2)cc1. The Hall–Kier alpha value is -3.90. The summed E-state index contributed by atoms with van der Waals surface area (Å²) in [6.07, 6.45) is 4.97. The van der Waals surface area contributed by atoms with Gasteiger partial charge in [0.2, 0.25) is 0 Å². The molecule has 0 bridgehead atoms. The van der Waals surface area contributed by atoms with Gasteiger partial charge in [-0.2, -0.15) is 0 Å². The van der Waals surface area contributed by atoms with Gasteiger partial charge in [-0.3, -0.25) is 0 Å². The predicted octanol–water partition coefficient (Wildman–Crippen LogP) is 7.39. The van der Waals surface area contributed by atoms with E-state index in [0.717, 1.165) is 13.1 Å². The summed E-state index contributed by atoms with van der Waals surface area (Å²) in [5.74, 6) is 0. The molecule has 2 atom stereocenters. The van der Waals surface area contributed by atoms with E-state index in [9.17, 15) is 0 Å². The second-order valence-corrected chi connectivity index (χ2v) is 16.9. The van der Waals surface area contributed by atoms with Crippen molar-refractivity contribution in [2.75, 3.05) is 0 Å². The van der Waals surface area contributed by atoms with Crippen LogP contribution in [-0.2, 0) is 13.1 Å². The van der Waals surface area contributed by atoms with E-state index >= 15 is 0 Å². The van der Waals surface area contributed by atoms with Gasteiger partial charge in [0.05, 0.1) is 0 Å². The van der Waals surface area contributed by atoms with Gasteiger partial charge in [0.1, 0.15) is 0 Å². The molecule has 7 rings (SSSR count). The Kier molecular flexibility index (Phi) is 11.2. The summed E-state index contributed by atoms with van der Waals surface area (Å²) in [6.45, 7) is 1.75. The Morgan fingerprint density at radius 1 is 0.375 bits per heavy atom. The molecule has 0 heterocycles. The van der Waals surface area contributed by atoms with Crippen LogP contribution < -0.4 is 42.5 Å². The minimum Gasteiger partial charge on any atom is -0.308 e. The van der Waals surface area contributed by atoms with E-state index in [-0.39, 0.29) is 0 Å². The summed E-state index contributed by atoms with van der Waals surface area (Å²) in [4.78, 5) is 0. The van der Waals surface area contributed by atoms with Crippen LogP contribution in [0.3, 0.4) is 0 Å². The van der Waals surface area contributed by atoms with Crippen molar-refractivity contribution in [2.45, 2.75) is 50.9 Å². The zero-order chi connectivity index (χ0) is 32.4. The standard InChI is InChI=1S/C44H44N2P2/c1-5-21-37(22-6-1)47(38-23-7-2-8-24-38)43-31-17-13-19-35(43)33-45-41-29-15-16-30-42(41)46-34-36-20-14-18-32-44(36)48(39-25-9-3-10-26-39)40-27-11-4-12-28-40/h1-14,17-28,31-32,41-42,45-46H,15-16,29-30,33-34H2. The van der Waals surface area contributed by atoms with Crippen LogP contribution in [-0.4, -0.2) is 12.1 Å². The normalized spacial score (nSPS) is 16.3. The molecule has 1 aliphatic carbocycles. The van der Waals surface area contributed by atoms with Crippen molar-refractivity contribution in [3.63, 3.8) is 0 Å². The molecule has 2 unspecified atom stereocenters. The van der Waals surface area contributed by atoms with Crippen LogP contribution in [0.1, 0.15) is 36.8 Å². The Balaban J connectivity index is 1.10. The fourth-order valence-electron chi connectivity index (χ4n) is 7.02. The van der Waals surface area contributed by atoms with Gasteiger partial charge in [0.15, 0.2) is 0 Å². The highest BCUT2D eigenvalue weighted by molar-refractivity contribution is 7.80. The maximum absolute atomic E-state index is 4.06. The maximum Gasteiger partial charge on any atom is 0.0224 e. The summed E-state index contributed by atoms with van der Waals surface area (Å²) in [5, 5.41) is 16.6. The molecular formula is C44H44N2P2. The van der Waals surface area contributed by atoms with Gasteiger partial charge in [-0.1, -0.05) is 183 Å². The van der Waals surface area contributed by atoms with E-state index in [1.54, 1.807) is 0 Å². The van der Waals surface area contributed by atoms with Crippen LogP contribution in [0.2, 0.25) is 0 Å². The summed E-state index contributed by atoms with van der Waals surface area (Å²) in [7, 11) is -1.29. The molecule has 0 amide bonds. The minimum atomic E-state index is -0.646. The third-order valence-corrected chi connectivity index (χ3v) is 14.5. The van der Waals surface area contributed by atoms with Gasteiger partial charge in [-0.25, -0.2) is 0 Å². The first kappa shape index (κ1) is 32.6. The number of hydrogen-bond donors (Lipinski definition) is 2. The molecular weight excluding hydrogens is 618 g/mol. The van der Waals surface area contributed by atoms with Gasteiger partial charge in [-0.15, -0.1) is 0 Å². The summed E-state index contributed by atoms with van der Waals surface area (Å²) < 4.78 is 0. The van der Waals surface area contributed by atoms with E-state index in [2.05, 4.69) is 180 Å². The predicted molar refractivity (Wildman–Crippen MR) is 210 cm³/mol. The van der Waals surface area contributed by atoms with E-state index in [1.165, 1.54) is 68.6 Å². The third kappa shape index (κ3) is 7.86. The lowest BCUT2D eigenvalue weighted by atomic mass is 9.90. The topological polar surface area (TPSA) is 24.1 Å². The average Bonchev–Trinajstić information content (AvgIpc) is 3.16. The number of nitrogens with one attached hydrogen (secondary N) is 2. The zero-order valence-electron chi connectivity index (χ0n) is 27.5. The second kappa shape index (κ2) is 16.5. The maximum atomic E-state index is 4.06. The molecule has 0 saturated heterocycles. The molecule has 48 heavy (non-hydrogen) atoms. The van der Waals surface area contributed by atoms with Crippen LogP contribution in [0.25, 0.3) is 0 Å². The largest absolute Gasteiger partial charge is 0.308 e. The number of hydrogen-bond acceptors (Lipinski definition) is 2. The molecule has 2 N–H and O–H groups in total. The minimum absolute atomic E-state index is 0.434. The van der Waals surface area contributed by atoms with Gasteiger partial charge in [0, 0.05) is 25.2 Å². The molecule has 0 aromatic heterocycles. The molecule has 6 aromatic carbocycles. The fourth-order valence-corrected chi connectivity index (χ4v) is 12.0. The van der Waals surface area contributed by atoms with Crippen molar-refractivity contribution in [1.29, 1.82) is 0 Å². The lowest BCUT2D eigenvalue weighted by Gasteiger charge is -2.34. The Morgan fingerprint density at radius 3 is 1.00 bits per heavy atom. The molecule has 6 aromatic rings. The lowest BCUT2D eigenvalue weighted by molar-refractivity contribution is 0.281. The molecule has 240 valence electrons. The molecule has 0 spiro atoms. The van der Waals surface area contributed by atoms with Crippen molar-refractivity contribution in [1.82, 2.24) is 10.6 Å². The second-order valence-electron chi connectivity index (χ2n) is 12.5. The Bertz CT molecular complexity index is 1630. The first-order valence-corrected chi connectivity index (χ1v) is 20.0. The van der Waals surface area contributed by atoms with Crippen LogP contribution in [0.5, 0.6) is 0 Å². The highest BCUT2D eigenvalue weighted by Crippen LogP contribution is 2.35. The summed E-state index contributed by atoms with van der Waals surface area (Å²) >= 11 is 0. The first-order valence-electron chi connectivity index (χ1n) is 17.3. The smallest absolute Gasteiger partial charge is 0.0224 e. The molecule has 1 saturated carbocycles. The van der Waals surface area contributed by atoms with Crippen LogP contribution in [0, 0.1) is 0 Å². The molecule has 1 aliphatic rings. The number of benzene rings is 6. The van der Waals surface area contributed by atoms with Crippen molar-refractivity contribution in [3.05, 3.63) is 181 Å². The zero-order valence-corrected chi connectivity index (χ0v) is 29.2. The Morgan fingerprint density at radius 2 is 0.667 bits per heavy atom. The molecule has 0 aliphatic heterocycles. The van der Waals surface area contributed by atoms with Crippen molar-refractivity contribution in [2.24, 2.45) is 0 Å². The van der Waals surface area contributed by atoms with E-state index < -0.39 is 15.8 Å². The van der Waals surface area contributed by atoms with Gasteiger partial charge < -0.3 is 10.6 Å². The van der Waals surface area contributed by atoms with Crippen molar-refractivity contribution in [3.8, 4) is 0 Å². The summed E-state index contributed by atoms with van der Waals surface area (Å²) in [5.41, 5.74) is 2.81. The van der Waals surface area contributed by atoms with Crippen molar-refractivity contribution >= 4 is 47.7 Å². The van der Waals surface area contributed by atoms with Crippen molar-refractivity contribution < 1.29 is 0 Å². The summed E-state index contributed by atoms with van der Waals surface area (Å²) in [6, 6.07) is 63.3. The van der Waals surface area contributed by atoms with Gasteiger partial charge in [-0.05, 0) is 71.6 Å². The quantitative estimate of drug-likeness (QED) is 0.134. The highest BCUT2D eigenvalue weighted by Gasteiger charge is 2.27. The Labute approximate surface area is 289 Å². The third-order valence-electron chi connectivity index (χ3n) is 9.40. The number of rotatable bonds is 12. The lowest BCUT2D eigenvalue weighted by Crippen LogP contribution is -2.49. The monoisotopic (exact) mass is 662 g/mol. The molecule has 2 nitrogen and oxygen atoms in total.